The predicted molar refractivity (Wildman–Crippen MR) is 65.7 cm³/mol. The first-order valence-electron chi connectivity index (χ1n) is 5.44. The van der Waals surface area contributed by atoms with Crippen LogP contribution in [0.5, 0.6) is 5.75 Å². The van der Waals surface area contributed by atoms with Crippen LogP contribution in [0.15, 0.2) is 30.5 Å². The highest BCUT2D eigenvalue weighted by Gasteiger charge is 2.10. The molecule has 0 unspecified atom stereocenters. The van der Waals surface area contributed by atoms with Crippen molar-refractivity contribution < 1.29 is 19.1 Å². The Balaban J connectivity index is 2.34. The Bertz CT molecular complexity index is 600. The summed E-state index contributed by atoms with van der Waals surface area (Å²) in [5.41, 5.74) is 0.755. The molecule has 0 radical (unpaired) electrons. The Morgan fingerprint density at radius 3 is 2.72 bits per heavy atom. The molecule has 0 aliphatic heterocycles. The second-order valence-electron chi connectivity index (χ2n) is 3.76. The first kappa shape index (κ1) is 12.2. The predicted octanol–water partition coefficient (Wildman–Crippen LogP) is 1.85. The zero-order valence-electron chi connectivity index (χ0n) is 10.2. The minimum absolute atomic E-state index is 0.0740. The van der Waals surface area contributed by atoms with E-state index in [1.54, 1.807) is 24.4 Å². The van der Waals surface area contributed by atoms with Crippen molar-refractivity contribution >= 4 is 22.8 Å². The number of fused-ring (bicyclic) bond motifs is 1. The van der Waals surface area contributed by atoms with Crippen molar-refractivity contribution in [3.63, 3.8) is 0 Å². The third-order valence-corrected chi connectivity index (χ3v) is 2.61. The van der Waals surface area contributed by atoms with E-state index >= 15 is 0 Å². The van der Waals surface area contributed by atoms with E-state index in [4.69, 9.17) is 4.74 Å². The number of ether oxygens (including phenoxy) is 2. The summed E-state index contributed by atoms with van der Waals surface area (Å²) < 4.78 is 11.4. The molecule has 0 atom stereocenters. The fraction of sp³-hybridized carbons (Fsp3) is 0.231. The Kier molecular flexibility index (Phi) is 3.32. The smallest absolute Gasteiger partial charge is 0.343 e. The average Bonchev–Trinajstić information content (AvgIpc) is 2.80. The van der Waals surface area contributed by atoms with E-state index in [1.807, 2.05) is 6.07 Å². The standard InChI is InChI=1S/C13H13NO4/c1-9(15)14-7-6-10-11(14)4-3-5-12(10)18-8-13(16)17-2/h3-7H,8H2,1-2H3. The van der Waals surface area contributed by atoms with Crippen LogP contribution in [-0.4, -0.2) is 30.2 Å². The van der Waals surface area contributed by atoms with E-state index in [2.05, 4.69) is 4.74 Å². The second kappa shape index (κ2) is 4.91. The molecule has 18 heavy (non-hydrogen) atoms. The van der Waals surface area contributed by atoms with Gasteiger partial charge in [-0.25, -0.2) is 4.79 Å². The summed E-state index contributed by atoms with van der Waals surface area (Å²) in [5.74, 6) is 0.0334. The van der Waals surface area contributed by atoms with Gasteiger partial charge in [0.15, 0.2) is 6.61 Å². The van der Waals surface area contributed by atoms with Crippen molar-refractivity contribution in [2.75, 3.05) is 13.7 Å². The number of esters is 1. The number of benzene rings is 1. The summed E-state index contributed by atoms with van der Waals surface area (Å²) >= 11 is 0. The fourth-order valence-corrected chi connectivity index (χ4v) is 1.74. The molecule has 0 saturated carbocycles. The van der Waals surface area contributed by atoms with Crippen molar-refractivity contribution in [3.05, 3.63) is 30.5 Å². The van der Waals surface area contributed by atoms with Gasteiger partial charge in [-0.1, -0.05) is 6.07 Å². The SMILES string of the molecule is COC(=O)COc1cccc2c1ccn2C(C)=O. The quantitative estimate of drug-likeness (QED) is 0.777. The second-order valence-corrected chi connectivity index (χ2v) is 3.76. The number of aromatic nitrogens is 1. The molecule has 0 amide bonds. The summed E-state index contributed by atoms with van der Waals surface area (Å²) in [4.78, 5) is 22.4. The molecule has 0 N–H and O–H groups in total. The molecule has 2 rings (SSSR count). The first-order chi connectivity index (χ1) is 8.63. The van der Waals surface area contributed by atoms with Crippen LogP contribution < -0.4 is 4.74 Å². The molecule has 0 fully saturated rings. The molecule has 0 spiro atoms. The maximum absolute atomic E-state index is 11.4. The molecule has 2 aromatic rings. The van der Waals surface area contributed by atoms with Gasteiger partial charge in [0.1, 0.15) is 5.75 Å². The third-order valence-electron chi connectivity index (χ3n) is 2.61. The van der Waals surface area contributed by atoms with Gasteiger partial charge >= 0.3 is 5.97 Å². The maximum atomic E-state index is 11.4. The molecule has 0 saturated heterocycles. The van der Waals surface area contributed by atoms with E-state index < -0.39 is 5.97 Å². The Morgan fingerprint density at radius 2 is 2.06 bits per heavy atom. The third kappa shape index (κ3) is 2.20. The molecule has 5 heteroatoms. The number of hydrogen-bond donors (Lipinski definition) is 0. The van der Waals surface area contributed by atoms with Crippen LogP contribution in [0.3, 0.4) is 0 Å². The fourth-order valence-electron chi connectivity index (χ4n) is 1.74. The summed E-state index contributed by atoms with van der Waals surface area (Å²) in [6.07, 6.45) is 1.68. The lowest BCUT2D eigenvalue weighted by Gasteiger charge is -2.06. The van der Waals surface area contributed by atoms with Gasteiger partial charge in [0.2, 0.25) is 5.91 Å². The molecule has 1 aromatic heterocycles. The molecular formula is C13H13NO4. The largest absolute Gasteiger partial charge is 0.481 e. The van der Waals surface area contributed by atoms with Crippen LogP contribution in [0.1, 0.15) is 11.7 Å². The van der Waals surface area contributed by atoms with Crippen molar-refractivity contribution in [1.29, 1.82) is 0 Å². The van der Waals surface area contributed by atoms with Gasteiger partial charge in [0.05, 0.1) is 12.6 Å². The molecular weight excluding hydrogens is 234 g/mol. The highest BCUT2D eigenvalue weighted by atomic mass is 16.6. The highest BCUT2D eigenvalue weighted by Crippen LogP contribution is 2.26. The Morgan fingerprint density at radius 1 is 1.28 bits per heavy atom. The molecule has 1 aromatic carbocycles. The number of carbonyl (C=O) groups excluding carboxylic acids is 2. The normalized spacial score (nSPS) is 10.3. The number of carbonyl (C=O) groups is 2. The molecule has 0 bridgehead atoms. The summed E-state index contributed by atoms with van der Waals surface area (Å²) in [7, 11) is 1.30. The minimum Gasteiger partial charge on any atom is -0.481 e. The molecule has 0 aliphatic rings. The van der Waals surface area contributed by atoms with Crippen LogP contribution in [0, 0.1) is 0 Å². The van der Waals surface area contributed by atoms with Crippen LogP contribution in [0.25, 0.3) is 10.9 Å². The van der Waals surface area contributed by atoms with Crippen molar-refractivity contribution in [3.8, 4) is 5.75 Å². The zero-order chi connectivity index (χ0) is 13.1. The van der Waals surface area contributed by atoms with Gasteiger partial charge in [-0.05, 0) is 18.2 Å². The molecule has 5 nitrogen and oxygen atoms in total. The van der Waals surface area contributed by atoms with Crippen LogP contribution >= 0.6 is 0 Å². The van der Waals surface area contributed by atoms with E-state index in [0.717, 1.165) is 10.9 Å². The van der Waals surface area contributed by atoms with Crippen LogP contribution in [-0.2, 0) is 9.53 Å². The van der Waals surface area contributed by atoms with Gasteiger partial charge in [-0.2, -0.15) is 0 Å². The van der Waals surface area contributed by atoms with Gasteiger partial charge in [-0.15, -0.1) is 0 Å². The number of nitrogens with zero attached hydrogens (tertiary/aromatic N) is 1. The highest BCUT2D eigenvalue weighted by molar-refractivity contribution is 5.94. The first-order valence-corrected chi connectivity index (χ1v) is 5.44. The van der Waals surface area contributed by atoms with E-state index in [1.165, 1.54) is 18.6 Å². The van der Waals surface area contributed by atoms with Crippen LogP contribution in [0.2, 0.25) is 0 Å². The van der Waals surface area contributed by atoms with Gasteiger partial charge < -0.3 is 9.47 Å². The van der Waals surface area contributed by atoms with Crippen molar-refractivity contribution in [2.24, 2.45) is 0 Å². The lowest BCUT2D eigenvalue weighted by molar-refractivity contribution is -0.142. The Labute approximate surface area is 104 Å². The minimum atomic E-state index is -0.446. The lowest BCUT2D eigenvalue weighted by Crippen LogP contribution is -2.12. The zero-order valence-corrected chi connectivity index (χ0v) is 10.2. The summed E-state index contributed by atoms with van der Waals surface area (Å²) in [6.45, 7) is 1.34. The monoisotopic (exact) mass is 247 g/mol. The van der Waals surface area contributed by atoms with E-state index in [9.17, 15) is 9.59 Å². The van der Waals surface area contributed by atoms with Crippen molar-refractivity contribution in [1.82, 2.24) is 4.57 Å². The number of rotatable bonds is 3. The maximum Gasteiger partial charge on any atom is 0.343 e. The Hall–Kier alpha value is -2.30. The molecule has 94 valence electrons. The van der Waals surface area contributed by atoms with E-state index in [-0.39, 0.29) is 12.5 Å². The summed E-state index contributed by atoms with van der Waals surface area (Å²) in [5, 5.41) is 0.789. The summed E-state index contributed by atoms with van der Waals surface area (Å²) in [6, 6.07) is 7.12. The van der Waals surface area contributed by atoms with Gasteiger partial charge in [0.25, 0.3) is 0 Å². The number of methoxy groups -OCH3 is 1. The van der Waals surface area contributed by atoms with Gasteiger partial charge in [0, 0.05) is 18.5 Å². The van der Waals surface area contributed by atoms with Gasteiger partial charge in [-0.3, -0.25) is 9.36 Å². The van der Waals surface area contributed by atoms with Crippen LogP contribution in [0.4, 0.5) is 0 Å². The number of hydrogen-bond acceptors (Lipinski definition) is 4. The average molecular weight is 247 g/mol. The van der Waals surface area contributed by atoms with E-state index in [0.29, 0.717) is 5.75 Å². The molecule has 0 aliphatic carbocycles. The van der Waals surface area contributed by atoms with Crippen molar-refractivity contribution in [2.45, 2.75) is 6.92 Å². The topological polar surface area (TPSA) is 57.5 Å². The molecule has 1 heterocycles. The lowest BCUT2D eigenvalue weighted by atomic mass is 10.2.